The van der Waals surface area contributed by atoms with Crippen molar-refractivity contribution in [1.29, 1.82) is 0 Å². The van der Waals surface area contributed by atoms with E-state index in [4.69, 9.17) is 4.74 Å². The summed E-state index contributed by atoms with van der Waals surface area (Å²) in [6, 6.07) is 0. The molecular weight excluding hydrogens is 262 g/mol. The highest BCUT2D eigenvalue weighted by atomic mass is 16.5. The molecule has 0 unspecified atom stereocenters. The molecule has 1 saturated heterocycles. The molecular formula is C17H35N3O. The summed E-state index contributed by atoms with van der Waals surface area (Å²) in [7, 11) is 0. The van der Waals surface area contributed by atoms with Crippen molar-refractivity contribution < 1.29 is 4.74 Å². The van der Waals surface area contributed by atoms with Crippen LogP contribution in [0, 0.1) is 11.3 Å². The summed E-state index contributed by atoms with van der Waals surface area (Å²) in [4.78, 5) is 4.68. The molecule has 1 heterocycles. The van der Waals surface area contributed by atoms with Crippen molar-refractivity contribution in [3.63, 3.8) is 0 Å². The fourth-order valence-electron chi connectivity index (χ4n) is 2.39. The maximum absolute atomic E-state index is 5.27. The average Bonchev–Trinajstić information content (AvgIpc) is 2.41. The molecule has 1 aliphatic heterocycles. The zero-order chi connectivity index (χ0) is 15.6. The van der Waals surface area contributed by atoms with E-state index in [-0.39, 0.29) is 5.41 Å². The maximum Gasteiger partial charge on any atom is 0.191 e. The van der Waals surface area contributed by atoms with Crippen LogP contribution in [-0.4, -0.2) is 38.8 Å². The second-order valence-corrected chi connectivity index (χ2v) is 7.02. The molecule has 1 fully saturated rings. The van der Waals surface area contributed by atoms with Gasteiger partial charge in [-0.05, 0) is 19.3 Å². The molecule has 0 saturated carbocycles. The minimum Gasteiger partial charge on any atom is -0.380 e. The lowest BCUT2D eigenvalue weighted by Crippen LogP contribution is -2.44. The van der Waals surface area contributed by atoms with Gasteiger partial charge in [0, 0.05) is 18.5 Å². The third-order valence-electron chi connectivity index (χ3n) is 3.86. The Bertz CT molecular complexity index is 298. The van der Waals surface area contributed by atoms with Crippen LogP contribution in [0.25, 0.3) is 0 Å². The van der Waals surface area contributed by atoms with Gasteiger partial charge in [0.1, 0.15) is 0 Å². The maximum atomic E-state index is 5.27. The quantitative estimate of drug-likeness (QED) is 0.370. The molecule has 0 aromatic heterocycles. The Morgan fingerprint density at radius 3 is 2.43 bits per heavy atom. The van der Waals surface area contributed by atoms with Crippen molar-refractivity contribution in [2.24, 2.45) is 16.3 Å². The lowest BCUT2D eigenvalue weighted by Gasteiger charge is -2.36. The van der Waals surface area contributed by atoms with Gasteiger partial charge in [-0.2, -0.15) is 0 Å². The van der Waals surface area contributed by atoms with Gasteiger partial charge in [0.25, 0.3) is 0 Å². The van der Waals surface area contributed by atoms with Crippen LogP contribution in [0.5, 0.6) is 0 Å². The summed E-state index contributed by atoms with van der Waals surface area (Å²) in [5, 5.41) is 6.76. The van der Waals surface area contributed by atoms with E-state index >= 15 is 0 Å². The van der Waals surface area contributed by atoms with Crippen molar-refractivity contribution in [3.8, 4) is 0 Å². The first-order chi connectivity index (χ1) is 10.1. The van der Waals surface area contributed by atoms with Gasteiger partial charge in [0.05, 0.1) is 19.8 Å². The number of rotatable bonds is 10. The predicted octanol–water partition coefficient (Wildman–Crippen LogP) is 3.18. The minimum atomic E-state index is 0.249. The van der Waals surface area contributed by atoms with Crippen LogP contribution in [0.15, 0.2) is 4.99 Å². The highest BCUT2D eigenvalue weighted by molar-refractivity contribution is 5.79. The Morgan fingerprint density at radius 2 is 1.86 bits per heavy atom. The summed E-state index contributed by atoms with van der Waals surface area (Å²) in [6.07, 6.45) is 6.61. The van der Waals surface area contributed by atoms with Crippen LogP contribution >= 0.6 is 0 Å². The van der Waals surface area contributed by atoms with Crippen LogP contribution < -0.4 is 10.6 Å². The molecule has 0 amide bonds. The molecule has 4 heteroatoms. The number of hydrogen-bond donors (Lipinski definition) is 2. The van der Waals surface area contributed by atoms with Gasteiger partial charge >= 0.3 is 0 Å². The monoisotopic (exact) mass is 297 g/mol. The summed E-state index contributed by atoms with van der Waals surface area (Å²) >= 11 is 0. The number of ether oxygens (including phenoxy) is 1. The Morgan fingerprint density at radius 1 is 1.14 bits per heavy atom. The molecule has 4 nitrogen and oxygen atoms in total. The van der Waals surface area contributed by atoms with Gasteiger partial charge in [-0.3, -0.25) is 4.99 Å². The van der Waals surface area contributed by atoms with Gasteiger partial charge in [-0.25, -0.2) is 0 Å². The van der Waals surface area contributed by atoms with Gasteiger partial charge in [0.15, 0.2) is 5.96 Å². The molecule has 21 heavy (non-hydrogen) atoms. The fraction of sp³-hybridized carbons (Fsp3) is 0.941. The first-order valence-corrected chi connectivity index (χ1v) is 8.66. The Kier molecular flexibility index (Phi) is 8.74. The van der Waals surface area contributed by atoms with E-state index in [1.54, 1.807) is 0 Å². The summed E-state index contributed by atoms with van der Waals surface area (Å²) in [5.41, 5.74) is 0.249. The van der Waals surface area contributed by atoms with Crippen LogP contribution in [0.1, 0.15) is 59.8 Å². The third-order valence-corrected chi connectivity index (χ3v) is 3.86. The standard InChI is InChI=1S/C17H35N3O/c1-5-18-16(20-12-17(4)13-21-14-17)19-11-9-7-6-8-10-15(2)3/h15H,5-14H2,1-4H3,(H2,18,19,20). The molecule has 0 aliphatic carbocycles. The van der Waals surface area contributed by atoms with E-state index in [2.05, 4.69) is 43.3 Å². The predicted molar refractivity (Wildman–Crippen MR) is 90.8 cm³/mol. The Labute approximate surface area is 131 Å². The van der Waals surface area contributed by atoms with Crippen LogP contribution in [-0.2, 0) is 4.74 Å². The first-order valence-electron chi connectivity index (χ1n) is 8.66. The summed E-state index contributed by atoms with van der Waals surface area (Å²) < 4.78 is 5.27. The van der Waals surface area contributed by atoms with E-state index in [0.29, 0.717) is 0 Å². The van der Waals surface area contributed by atoms with E-state index < -0.39 is 0 Å². The molecule has 0 radical (unpaired) electrons. The second-order valence-electron chi connectivity index (χ2n) is 7.02. The number of nitrogens with zero attached hydrogens (tertiary/aromatic N) is 1. The molecule has 0 atom stereocenters. The minimum absolute atomic E-state index is 0.249. The van der Waals surface area contributed by atoms with Crippen molar-refractivity contribution in [1.82, 2.24) is 10.6 Å². The molecule has 1 rings (SSSR count). The third kappa shape index (κ3) is 8.30. The molecule has 1 aliphatic rings. The van der Waals surface area contributed by atoms with E-state index in [0.717, 1.165) is 44.7 Å². The zero-order valence-electron chi connectivity index (χ0n) is 14.5. The SMILES string of the molecule is CCNC(=NCC1(C)COC1)NCCCCCCC(C)C. The summed E-state index contributed by atoms with van der Waals surface area (Å²) in [5.74, 6) is 1.79. The Hall–Kier alpha value is -0.770. The smallest absolute Gasteiger partial charge is 0.191 e. The zero-order valence-corrected chi connectivity index (χ0v) is 14.5. The van der Waals surface area contributed by atoms with E-state index in [1.165, 1.54) is 32.1 Å². The number of guanidine groups is 1. The Balaban J connectivity index is 2.11. The van der Waals surface area contributed by atoms with Gasteiger partial charge in [-0.1, -0.05) is 46.5 Å². The van der Waals surface area contributed by atoms with Gasteiger partial charge in [-0.15, -0.1) is 0 Å². The van der Waals surface area contributed by atoms with Crippen LogP contribution in [0.4, 0.5) is 0 Å². The van der Waals surface area contributed by atoms with Gasteiger partial charge in [0.2, 0.25) is 0 Å². The van der Waals surface area contributed by atoms with E-state index in [1.807, 2.05) is 0 Å². The molecule has 124 valence electrons. The molecule has 0 aromatic carbocycles. The number of nitrogens with one attached hydrogen (secondary N) is 2. The molecule has 2 N–H and O–H groups in total. The van der Waals surface area contributed by atoms with Crippen LogP contribution in [0.2, 0.25) is 0 Å². The highest BCUT2D eigenvalue weighted by Gasteiger charge is 2.33. The largest absolute Gasteiger partial charge is 0.380 e. The van der Waals surface area contributed by atoms with Gasteiger partial charge < -0.3 is 15.4 Å². The highest BCUT2D eigenvalue weighted by Crippen LogP contribution is 2.26. The lowest BCUT2D eigenvalue weighted by molar-refractivity contribution is -0.0945. The first kappa shape index (κ1) is 18.3. The fourth-order valence-corrected chi connectivity index (χ4v) is 2.39. The molecule has 0 bridgehead atoms. The van der Waals surface area contributed by atoms with Crippen LogP contribution in [0.3, 0.4) is 0 Å². The number of hydrogen-bond acceptors (Lipinski definition) is 2. The average molecular weight is 297 g/mol. The second kappa shape index (κ2) is 10.0. The number of aliphatic imine (C=N–C) groups is 1. The molecule has 0 aromatic rings. The van der Waals surface area contributed by atoms with Crippen molar-refractivity contribution in [2.45, 2.75) is 59.8 Å². The van der Waals surface area contributed by atoms with E-state index in [9.17, 15) is 0 Å². The normalized spacial score (nSPS) is 17.7. The topological polar surface area (TPSA) is 45.7 Å². The molecule has 0 spiro atoms. The van der Waals surface area contributed by atoms with Crippen molar-refractivity contribution in [3.05, 3.63) is 0 Å². The summed E-state index contributed by atoms with van der Waals surface area (Å²) in [6.45, 7) is 13.4. The lowest BCUT2D eigenvalue weighted by atomic mass is 9.89. The van der Waals surface area contributed by atoms with Crippen molar-refractivity contribution >= 4 is 5.96 Å². The van der Waals surface area contributed by atoms with Crippen molar-refractivity contribution in [2.75, 3.05) is 32.8 Å². The number of unbranched alkanes of at least 4 members (excludes halogenated alkanes) is 3.